The van der Waals surface area contributed by atoms with Crippen LogP contribution in [0.3, 0.4) is 0 Å². The van der Waals surface area contributed by atoms with Crippen LogP contribution in [0.25, 0.3) is 16.5 Å². The molecule has 0 atom stereocenters. The summed E-state index contributed by atoms with van der Waals surface area (Å²) >= 11 is 0. The predicted octanol–water partition coefficient (Wildman–Crippen LogP) is 6.26. The van der Waals surface area contributed by atoms with E-state index in [-0.39, 0.29) is 5.54 Å². The number of pyridine rings is 1. The number of fused-ring (bicyclic) bond motifs is 3. The Balaban J connectivity index is 1.68. The Kier molecular flexibility index (Phi) is 5.18. The molecule has 30 heavy (non-hydrogen) atoms. The third-order valence-electron chi connectivity index (χ3n) is 6.97. The molecule has 3 heterocycles. The molecule has 2 aromatic rings. The van der Waals surface area contributed by atoms with Gasteiger partial charge in [0.1, 0.15) is 0 Å². The molecule has 3 aliphatic rings. The van der Waals surface area contributed by atoms with Crippen LogP contribution in [0.4, 0.5) is 5.69 Å². The molecule has 158 valence electrons. The lowest BCUT2D eigenvalue weighted by molar-refractivity contribution is 0.330. The molecular formula is C27H35N3. The zero-order chi connectivity index (χ0) is 20.7. The van der Waals surface area contributed by atoms with E-state index < -0.39 is 0 Å². The van der Waals surface area contributed by atoms with E-state index in [0.29, 0.717) is 0 Å². The summed E-state index contributed by atoms with van der Waals surface area (Å²) in [5.74, 6) is 0. The minimum atomic E-state index is 0.0721. The Bertz CT molecular complexity index is 1020. The maximum atomic E-state index is 5.31. The second-order valence-corrected chi connectivity index (χ2v) is 9.97. The van der Waals surface area contributed by atoms with Crippen LogP contribution in [0.5, 0.6) is 0 Å². The largest absolute Gasteiger partial charge is 0.379 e. The van der Waals surface area contributed by atoms with Gasteiger partial charge in [-0.2, -0.15) is 0 Å². The molecule has 1 aromatic carbocycles. The van der Waals surface area contributed by atoms with Gasteiger partial charge in [0.05, 0.1) is 11.2 Å². The minimum absolute atomic E-state index is 0.0721. The maximum Gasteiger partial charge on any atom is 0.0759 e. The van der Waals surface area contributed by atoms with Crippen LogP contribution in [0, 0.1) is 0 Å². The van der Waals surface area contributed by atoms with Gasteiger partial charge in [0.15, 0.2) is 0 Å². The highest BCUT2D eigenvalue weighted by Gasteiger charge is 2.32. The summed E-state index contributed by atoms with van der Waals surface area (Å²) < 4.78 is 0. The number of nitrogens with one attached hydrogen (secondary N) is 1. The second-order valence-electron chi connectivity index (χ2n) is 9.97. The number of aromatic nitrogens is 1. The first-order valence-electron chi connectivity index (χ1n) is 11.9. The number of likely N-dealkylation sites (tertiary alicyclic amines) is 1. The summed E-state index contributed by atoms with van der Waals surface area (Å²) in [4.78, 5) is 7.91. The normalized spacial score (nSPS) is 20.8. The van der Waals surface area contributed by atoms with Crippen LogP contribution in [0.15, 0.2) is 30.4 Å². The van der Waals surface area contributed by atoms with Gasteiger partial charge in [-0.25, -0.2) is 4.98 Å². The fourth-order valence-electron chi connectivity index (χ4n) is 5.42. The van der Waals surface area contributed by atoms with Crippen LogP contribution in [-0.2, 0) is 19.4 Å². The van der Waals surface area contributed by atoms with Gasteiger partial charge in [-0.1, -0.05) is 25.2 Å². The van der Waals surface area contributed by atoms with Crippen molar-refractivity contribution >= 4 is 22.2 Å². The zero-order valence-corrected chi connectivity index (χ0v) is 18.9. The van der Waals surface area contributed by atoms with Crippen LogP contribution in [0.2, 0.25) is 0 Å². The SMILES string of the molecule is CCc1cc2c3c(c(C4=CCCCC=C4)nc2cc1CN1CCCC1)CC(C)(C)N3. The molecule has 0 amide bonds. The van der Waals surface area contributed by atoms with E-state index in [4.69, 9.17) is 4.98 Å². The fraction of sp³-hybridized carbons (Fsp3) is 0.519. The van der Waals surface area contributed by atoms with Crippen molar-refractivity contribution in [1.29, 1.82) is 0 Å². The van der Waals surface area contributed by atoms with Crippen molar-refractivity contribution in [2.45, 2.75) is 77.8 Å². The monoisotopic (exact) mass is 401 g/mol. The Morgan fingerprint density at radius 3 is 2.70 bits per heavy atom. The lowest BCUT2D eigenvalue weighted by atomic mass is 9.94. The van der Waals surface area contributed by atoms with Crippen molar-refractivity contribution in [3.8, 4) is 0 Å². The Morgan fingerprint density at radius 2 is 1.90 bits per heavy atom. The Morgan fingerprint density at radius 1 is 1.07 bits per heavy atom. The first-order valence-corrected chi connectivity index (χ1v) is 11.9. The summed E-state index contributed by atoms with van der Waals surface area (Å²) in [6.07, 6.45) is 15.3. The van der Waals surface area contributed by atoms with Crippen molar-refractivity contribution in [2.24, 2.45) is 0 Å². The molecule has 0 bridgehead atoms. The van der Waals surface area contributed by atoms with E-state index in [9.17, 15) is 0 Å². The Hall–Kier alpha value is -2.13. The van der Waals surface area contributed by atoms with Crippen LogP contribution >= 0.6 is 0 Å². The number of hydrogen-bond acceptors (Lipinski definition) is 3. The molecule has 1 N–H and O–H groups in total. The highest BCUT2D eigenvalue weighted by atomic mass is 15.1. The summed E-state index contributed by atoms with van der Waals surface area (Å²) in [5.41, 5.74) is 9.40. The summed E-state index contributed by atoms with van der Waals surface area (Å²) in [5, 5.41) is 5.16. The van der Waals surface area contributed by atoms with E-state index in [0.717, 1.165) is 31.3 Å². The van der Waals surface area contributed by atoms with Gasteiger partial charge in [0, 0.05) is 28.7 Å². The van der Waals surface area contributed by atoms with Crippen molar-refractivity contribution in [2.75, 3.05) is 18.4 Å². The van der Waals surface area contributed by atoms with Crippen molar-refractivity contribution in [3.05, 3.63) is 52.7 Å². The van der Waals surface area contributed by atoms with Crippen LogP contribution in [0.1, 0.15) is 75.3 Å². The first-order chi connectivity index (χ1) is 14.5. The molecule has 1 saturated heterocycles. The number of anilines is 1. The van der Waals surface area contributed by atoms with Gasteiger partial charge in [0.25, 0.3) is 0 Å². The van der Waals surface area contributed by atoms with Crippen molar-refractivity contribution in [3.63, 3.8) is 0 Å². The van der Waals surface area contributed by atoms with E-state index in [2.05, 4.69) is 61.3 Å². The molecule has 3 heteroatoms. The number of aryl methyl sites for hydroxylation is 1. The standard InChI is InChI=1S/C27H35N3/c1-4-19-15-22-24(16-21(19)18-30-13-9-10-14-30)28-25(20-11-7-5-6-8-12-20)23-17-27(2,3)29-26(22)23/h7,11-12,15-16,29H,4-6,8-10,13-14,17-18H2,1-3H3. The predicted molar refractivity (Wildman–Crippen MR) is 128 cm³/mol. The smallest absolute Gasteiger partial charge is 0.0759 e. The quantitative estimate of drug-likeness (QED) is 0.655. The number of hydrogen-bond donors (Lipinski definition) is 1. The number of allylic oxidation sites excluding steroid dienone is 4. The second kappa shape index (κ2) is 7.85. The molecule has 0 unspecified atom stereocenters. The van der Waals surface area contributed by atoms with Crippen molar-refractivity contribution < 1.29 is 0 Å². The average Bonchev–Trinajstić information content (AvgIpc) is 3.24. The number of benzene rings is 1. The molecule has 0 saturated carbocycles. The van der Waals surface area contributed by atoms with E-state index in [1.807, 2.05) is 0 Å². The molecule has 0 radical (unpaired) electrons. The van der Waals surface area contributed by atoms with E-state index in [1.165, 1.54) is 77.8 Å². The summed E-state index contributed by atoms with van der Waals surface area (Å²) in [6.45, 7) is 10.4. The molecule has 0 spiro atoms. The van der Waals surface area contributed by atoms with E-state index >= 15 is 0 Å². The highest BCUT2D eigenvalue weighted by molar-refractivity contribution is 5.98. The fourth-order valence-corrected chi connectivity index (χ4v) is 5.42. The minimum Gasteiger partial charge on any atom is -0.379 e. The first kappa shape index (κ1) is 19.8. The molecule has 3 nitrogen and oxygen atoms in total. The molecule has 1 aromatic heterocycles. The van der Waals surface area contributed by atoms with Crippen LogP contribution in [-0.4, -0.2) is 28.5 Å². The van der Waals surface area contributed by atoms with Gasteiger partial charge in [0.2, 0.25) is 0 Å². The lowest BCUT2D eigenvalue weighted by Gasteiger charge is -2.20. The third kappa shape index (κ3) is 3.69. The van der Waals surface area contributed by atoms with E-state index in [1.54, 1.807) is 0 Å². The third-order valence-corrected chi connectivity index (χ3v) is 6.97. The summed E-state index contributed by atoms with van der Waals surface area (Å²) in [7, 11) is 0. The van der Waals surface area contributed by atoms with Gasteiger partial charge in [-0.3, -0.25) is 4.90 Å². The maximum absolute atomic E-state index is 5.31. The molecular weight excluding hydrogens is 366 g/mol. The summed E-state index contributed by atoms with van der Waals surface area (Å²) in [6, 6.07) is 4.83. The molecule has 5 rings (SSSR count). The van der Waals surface area contributed by atoms with Gasteiger partial charge >= 0.3 is 0 Å². The molecule has 1 fully saturated rings. The lowest BCUT2D eigenvalue weighted by Crippen LogP contribution is -2.27. The zero-order valence-electron chi connectivity index (χ0n) is 18.9. The van der Waals surface area contributed by atoms with Gasteiger partial charge in [-0.05, 0) is 101 Å². The number of nitrogens with zero attached hydrogens (tertiary/aromatic N) is 2. The Labute approximate surface area is 181 Å². The topological polar surface area (TPSA) is 28.2 Å². The van der Waals surface area contributed by atoms with Gasteiger partial charge in [-0.15, -0.1) is 0 Å². The number of rotatable bonds is 4. The average molecular weight is 402 g/mol. The van der Waals surface area contributed by atoms with Gasteiger partial charge < -0.3 is 5.32 Å². The van der Waals surface area contributed by atoms with Crippen molar-refractivity contribution in [1.82, 2.24) is 9.88 Å². The highest BCUT2D eigenvalue weighted by Crippen LogP contribution is 2.42. The molecule has 2 aliphatic heterocycles. The molecule has 1 aliphatic carbocycles. The van der Waals surface area contributed by atoms with Crippen LogP contribution < -0.4 is 5.32 Å².